The highest BCUT2D eigenvalue weighted by Crippen LogP contribution is 2.18. The average Bonchev–Trinajstić information content (AvgIpc) is 2.89. The van der Waals surface area contributed by atoms with Crippen LogP contribution in [0.5, 0.6) is 0 Å². The lowest BCUT2D eigenvalue weighted by atomic mass is 10.3. The van der Waals surface area contributed by atoms with Crippen LogP contribution in [0, 0.1) is 5.82 Å². The zero-order valence-electron chi connectivity index (χ0n) is 10.1. The molecule has 0 bridgehead atoms. The van der Waals surface area contributed by atoms with E-state index < -0.39 is 0 Å². The van der Waals surface area contributed by atoms with Gasteiger partial charge in [-0.25, -0.2) is 9.37 Å². The van der Waals surface area contributed by atoms with E-state index in [0.717, 1.165) is 11.4 Å². The molecule has 0 aliphatic carbocycles. The molecule has 0 unspecified atom stereocenters. The van der Waals surface area contributed by atoms with Crippen molar-refractivity contribution in [3.05, 3.63) is 72.8 Å². The van der Waals surface area contributed by atoms with Crippen LogP contribution in [0.3, 0.4) is 0 Å². The Morgan fingerprint density at radius 3 is 2.42 bits per heavy atom. The van der Waals surface area contributed by atoms with Crippen LogP contribution in [0.4, 0.5) is 16.0 Å². The van der Waals surface area contributed by atoms with Gasteiger partial charge in [-0.15, -0.1) is 0 Å². The molecule has 0 saturated heterocycles. The maximum absolute atomic E-state index is 12.9. The minimum atomic E-state index is -0.249. The molecular weight excluding hydrogens is 241 g/mol. The second-order valence-electron chi connectivity index (χ2n) is 4.09. The van der Waals surface area contributed by atoms with Crippen LogP contribution >= 0.6 is 0 Å². The molecule has 0 radical (unpaired) electrons. The van der Waals surface area contributed by atoms with E-state index in [0.29, 0.717) is 5.95 Å². The summed E-state index contributed by atoms with van der Waals surface area (Å²) in [5, 5.41) is 3.22. The molecule has 3 nitrogen and oxygen atoms in total. The first-order valence-corrected chi connectivity index (χ1v) is 5.94. The molecule has 3 aromatic rings. The summed E-state index contributed by atoms with van der Waals surface area (Å²) in [6.45, 7) is 0. The van der Waals surface area contributed by atoms with E-state index in [9.17, 15) is 4.39 Å². The fourth-order valence-corrected chi connectivity index (χ4v) is 1.86. The smallest absolute Gasteiger partial charge is 0.212 e. The van der Waals surface area contributed by atoms with Gasteiger partial charge in [0.25, 0.3) is 0 Å². The van der Waals surface area contributed by atoms with Gasteiger partial charge in [-0.1, -0.05) is 18.2 Å². The molecule has 1 heterocycles. The highest BCUT2D eigenvalue weighted by molar-refractivity contribution is 5.55. The van der Waals surface area contributed by atoms with Crippen LogP contribution in [0.15, 0.2) is 67.0 Å². The van der Waals surface area contributed by atoms with Crippen molar-refractivity contribution >= 4 is 11.6 Å². The number of imidazole rings is 1. The van der Waals surface area contributed by atoms with Crippen molar-refractivity contribution in [1.29, 1.82) is 0 Å². The standard InChI is InChI=1S/C15H12FN3/c16-12-6-8-14(9-7-12)19-11-10-17-15(19)18-13-4-2-1-3-5-13/h1-11H,(H,17,18). The summed E-state index contributed by atoms with van der Waals surface area (Å²) in [5.41, 5.74) is 1.81. The monoisotopic (exact) mass is 253 g/mol. The topological polar surface area (TPSA) is 29.9 Å². The average molecular weight is 253 g/mol. The summed E-state index contributed by atoms with van der Waals surface area (Å²) in [7, 11) is 0. The van der Waals surface area contributed by atoms with Gasteiger partial charge in [-0.05, 0) is 36.4 Å². The molecular formula is C15H12FN3. The van der Waals surface area contributed by atoms with Gasteiger partial charge in [0, 0.05) is 23.8 Å². The van der Waals surface area contributed by atoms with E-state index in [1.807, 2.05) is 41.1 Å². The van der Waals surface area contributed by atoms with Crippen LogP contribution < -0.4 is 5.32 Å². The molecule has 19 heavy (non-hydrogen) atoms. The van der Waals surface area contributed by atoms with Crippen LogP contribution in [0.1, 0.15) is 0 Å². The van der Waals surface area contributed by atoms with Crippen molar-refractivity contribution in [2.45, 2.75) is 0 Å². The maximum Gasteiger partial charge on any atom is 0.212 e. The van der Waals surface area contributed by atoms with Crippen molar-refractivity contribution < 1.29 is 4.39 Å². The van der Waals surface area contributed by atoms with Gasteiger partial charge in [0.05, 0.1) is 0 Å². The quantitative estimate of drug-likeness (QED) is 0.770. The van der Waals surface area contributed by atoms with Crippen molar-refractivity contribution in [3.63, 3.8) is 0 Å². The Balaban J connectivity index is 1.92. The van der Waals surface area contributed by atoms with Crippen LogP contribution in [-0.2, 0) is 0 Å². The molecule has 0 fully saturated rings. The summed E-state index contributed by atoms with van der Waals surface area (Å²) in [5.74, 6) is 0.444. The summed E-state index contributed by atoms with van der Waals surface area (Å²) in [6.07, 6.45) is 3.53. The highest BCUT2D eigenvalue weighted by Gasteiger charge is 2.05. The minimum absolute atomic E-state index is 0.249. The summed E-state index contributed by atoms with van der Waals surface area (Å²) in [4.78, 5) is 4.27. The second kappa shape index (κ2) is 4.94. The molecule has 1 aromatic heterocycles. The molecule has 0 saturated carbocycles. The number of nitrogens with one attached hydrogen (secondary N) is 1. The van der Waals surface area contributed by atoms with E-state index in [1.54, 1.807) is 18.3 Å². The summed E-state index contributed by atoms with van der Waals surface area (Å²) in [6, 6.07) is 16.1. The van der Waals surface area contributed by atoms with Crippen LogP contribution in [-0.4, -0.2) is 9.55 Å². The number of benzene rings is 2. The van der Waals surface area contributed by atoms with Gasteiger partial charge >= 0.3 is 0 Å². The maximum atomic E-state index is 12.9. The van der Waals surface area contributed by atoms with Gasteiger partial charge in [-0.2, -0.15) is 0 Å². The van der Waals surface area contributed by atoms with E-state index in [1.165, 1.54) is 12.1 Å². The molecule has 0 aliphatic rings. The Hall–Kier alpha value is -2.62. The molecule has 4 heteroatoms. The Labute approximate surface area is 110 Å². The third-order valence-corrected chi connectivity index (χ3v) is 2.78. The van der Waals surface area contributed by atoms with Gasteiger partial charge < -0.3 is 5.32 Å². The van der Waals surface area contributed by atoms with Crippen molar-refractivity contribution in [3.8, 4) is 5.69 Å². The Bertz CT molecular complexity index is 659. The molecule has 1 N–H and O–H groups in total. The van der Waals surface area contributed by atoms with E-state index in [2.05, 4.69) is 10.3 Å². The van der Waals surface area contributed by atoms with Crippen molar-refractivity contribution in [2.75, 3.05) is 5.32 Å². The lowest BCUT2D eigenvalue weighted by molar-refractivity contribution is 0.627. The van der Waals surface area contributed by atoms with Crippen molar-refractivity contribution in [2.24, 2.45) is 0 Å². The zero-order chi connectivity index (χ0) is 13.1. The van der Waals surface area contributed by atoms with Crippen molar-refractivity contribution in [1.82, 2.24) is 9.55 Å². The van der Waals surface area contributed by atoms with Gasteiger partial charge in [-0.3, -0.25) is 4.57 Å². The Kier molecular flexibility index (Phi) is 2.98. The third kappa shape index (κ3) is 2.47. The van der Waals surface area contributed by atoms with E-state index >= 15 is 0 Å². The molecule has 0 amide bonds. The van der Waals surface area contributed by atoms with E-state index in [-0.39, 0.29) is 5.82 Å². The molecule has 94 valence electrons. The number of halogens is 1. The molecule has 0 atom stereocenters. The lowest BCUT2D eigenvalue weighted by Gasteiger charge is -2.09. The normalized spacial score (nSPS) is 10.4. The number of hydrogen-bond acceptors (Lipinski definition) is 2. The fourth-order valence-electron chi connectivity index (χ4n) is 1.86. The van der Waals surface area contributed by atoms with Crippen LogP contribution in [0.2, 0.25) is 0 Å². The first kappa shape index (κ1) is 11.5. The first-order valence-electron chi connectivity index (χ1n) is 5.94. The molecule has 3 rings (SSSR count). The zero-order valence-corrected chi connectivity index (χ0v) is 10.1. The van der Waals surface area contributed by atoms with Gasteiger partial charge in [0.1, 0.15) is 5.82 Å². The van der Waals surface area contributed by atoms with Crippen LogP contribution in [0.25, 0.3) is 5.69 Å². The molecule has 2 aromatic carbocycles. The minimum Gasteiger partial charge on any atom is -0.325 e. The largest absolute Gasteiger partial charge is 0.325 e. The number of aromatic nitrogens is 2. The predicted octanol–water partition coefficient (Wildman–Crippen LogP) is 3.76. The first-order chi connectivity index (χ1) is 9.33. The molecule has 0 spiro atoms. The Morgan fingerprint density at radius 1 is 0.947 bits per heavy atom. The number of para-hydroxylation sites is 1. The van der Waals surface area contributed by atoms with Gasteiger partial charge in [0.15, 0.2) is 0 Å². The third-order valence-electron chi connectivity index (χ3n) is 2.78. The number of rotatable bonds is 3. The lowest BCUT2D eigenvalue weighted by Crippen LogP contribution is -2.00. The second-order valence-corrected chi connectivity index (χ2v) is 4.09. The number of hydrogen-bond donors (Lipinski definition) is 1. The highest BCUT2D eigenvalue weighted by atomic mass is 19.1. The summed E-state index contributed by atoms with van der Waals surface area (Å²) >= 11 is 0. The van der Waals surface area contributed by atoms with Gasteiger partial charge in [0.2, 0.25) is 5.95 Å². The summed E-state index contributed by atoms with van der Waals surface area (Å²) < 4.78 is 14.8. The fraction of sp³-hybridized carbons (Fsp3) is 0. The Morgan fingerprint density at radius 2 is 1.68 bits per heavy atom. The van der Waals surface area contributed by atoms with E-state index in [4.69, 9.17) is 0 Å². The number of anilines is 2. The molecule has 0 aliphatic heterocycles. The number of nitrogens with zero attached hydrogens (tertiary/aromatic N) is 2. The predicted molar refractivity (Wildman–Crippen MR) is 73.2 cm³/mol. The SMILES string of the molecule is Fc1ccc(-n2ccnc2Nc2ccccc2)cc1.